The number of aryl methyl sites for hydroxylation is 1. The fourth-order valence-corrected chi connectivity index (χ4v) is 3.86. The molecule has 6 nitrogen and oxygen atoms in total. The monoisotopic (exact) mass is 316 g/mol. The first-order chi connectivity index (χ1) is 8.91. The number of hydrogen-bond acceptors (Lipinski definition) is 7. The molecule has 9 heteroatoms. The molecule has 1 aromatic heterocycles. The Morgan fingerprint density at radius 2 is 2.16 bits per heavy atom. The fraction of sp³-hybridized carbons (Fsp3) is 0.200. The molecule has 19 heavy (non-hydrogen) atoms. The summed E-state index contributed by atoms with van der Waals surface area (Å²) in [4.78, 5) is 4.82. The highest BCUT2D eigenvalue weighted by Crippen LogP contribution is 2.35. The van der Waals surface area contributed by atoms with Crippen LogP contribution < -0.4 is 10.9 Å². The third kappa shape index (κ3) is 3.24. The van der Waals surface area contributed by atoms with Crippen LogP contribution in [-0.4, -0.2) is 17.8 Å². The summed E-state index contributed by atoms with van der Waals surface area (Å²) >= 11 is 2.54. The van der Waals surface area contributed by atoms with Gasteiger partial charge in [0.15, 0.2) is 4.34 Å². The van der Waals surface area contributed by atoms with Crippen molar-refractivity contribution in [1.29, 1.82) is 0 Å². The molecule has 0 saturated heterocycles. The van der Waals surface area contributed by atoms with Gasteiger partial charge in [-0.05, 0) is 23.7 Å². The second-order valence-electron chi connectivity index (χ2n) is 3.65. The molecule has 0 saturated carbocycles. The zero-order valence-electron chi connectivity index (χ0n) is 10.0. The van der Waals surface area contributed by atoms with E-state index >= 15 is 0 Å². The lowest BCUT2D eigenvalue weighted by molar-refractivity contribution is 0.598. The third-order valence-corrected chi connectivity index (χ3v) is 5.13. The van der Waals surface area contributed by atoms with Crippen LogP contribution in [0.25, 0.3) is 0 Å². The Morgan fingerprint density at radius 1 is 1.42 bits per heavy atom. The number of sulfonamides is 1. The zero-order valence-corrected chi connectivity index (χ0v) is 12.5. The Balaban J connectivity index is 2.36. The van der Waals surface area contributed by atoms with Crippen LogP contribution in [0.1, 0.15) is 12.7 Å². The average molecular weight is 316 g/mol. The highest BCUT2D eigenvalue weighted by atomic mass is 32.2. The maximum atomic E-state index is 11.4. The van der Waals surface area contributed by atoms with Crippen molar-refractivity contribution in [3.05, 3.63) is 24.0 Å². The molecule has 4 N–H and O–H groups in total. The predicted molar refractivity (Wildman–Crippen MR) is 75.6 cm³/mol. The number of primary sulfonamides is 1. The van der Waals surface area contributed by atoms with E-state index in [1.807, 2.05) is 6.92 Å². The van der Waals surface area contributed by atoms with Crippen molar-refractivity contribution in [2.75, 3.05) is 5.73 Å². The SMILES string of the molecule is CCc1nsc(Sc2cccc(S(N)(=O)=O)c2N)n1. The second-order valence-corrected chi connectivity index (χ2v) is 7.22. The summed E-state index contributed by atoms with van der Waals surface area (Å²) in [6.07, 6.45) is 0.754. The number of nitrogen functional groups attached to an aromatic ring is 1. The summed E-state index contributed by atoms with van der Waals surface area (Å²) < 4.78 is 27.6. The topological polar surface area (TPSA) is 112 Å². The quantitative estimate of drug-likeness (QED) is 0.826. The van der Waals surface area contributed by atoms with Gasteiger partial charge >= 0.3 is 0 Å². The van der Waals surface area contributed by atoms with Gasteiger partial charge in [0.25, 0.3) is 0 Å². The van der Waals surface area contributed by atoms with Gasteiger partial charge in [-0.1, -0.05) is 24.8 Å². The van der Waals surface area contributed by atoms with Crippen molar-refractivity contribution in [2.45, 2.75) is 27.5 Å². The molecule has 0 aliphatic heterocycles. The van der Waals surface area contributed by atoms with Crippen LogP contribution in [0.4, 0.5) is 5.69 Å². The number of nitrogens with two attached hydrogens (primary N) is 2. The number of nitrogens with zero attached hydrogens (tertiary/aromatic N) is 2. The first kappa shape index (κ1) is 14.3. The van der Waals surface area contributed by atoms with Gasteiger partial charge in [-0.3, -0.25) is 0 Å². The first-order valence-electron chi connectivity index (χ1n) is 5.33. The largest absolute Gasteiger partial charge is 0.397 e. The molecule has 102 valence electrons. The first-order valence-corrected chi connectivity index (χ1v) is 8.47. The van der Waals surface area contributed by atoms with Crippen LogP contribution >= 0.6 is 23.3 Å². The third-order valence-electron chi connectivity index (χ3n) is 2.30. The van der Waals surface area contributed by atoms with Gasteiger partial charge in [0.1, 0.15) is 10.7 Å². The lowest BCUT2D eigenvalue weighted by Crippen LogP contribution is -2.14. The summed E-state index contributed by atoms with van der Waals surface area (Å²) in [5.41, 5.74) is 5.97. The van der Waals surface area contributed by atoms with Crippen molar-refractivity contribution in [3.8, 4) is 0 Å². The second kappa shape index (κ2) is 5.45. The van der Waals surface area contributed by atoms with E-state index in [0.29, 0.717) is 4.90 Å². The molecule has 0 fully saturated rings. The number of aromatic nitrogens is 2. The minimum absolute atomic E-state index is 0.0715. The van der Waals surface area contributed by atoms with Gasteiger partial charge in [0.05, 0.1) is 5.69 Å². The molecule has 1 heterocycles. The lowest BCUT2D eigenvalue weighted by atomic mass is 10.3. The number of para-hydroxylation sites is 1. The molecule has 0 radical (unpaired) electrons. The maximum absolute atomic E-state index is 11.4. The molecule has 2 rings (SSSR count). The molecule has 0 unspecified atom stereocenters. The van der Waals surface area contributed by atoms with Crippen molar-refractivity contribution in [2.24, 2.45) is 5.14 Å². The molecule has 0 atom stereocenters. The van der Waals surface area contributed by atoms with Crippen LogP contribution in [0.15, 0.2) is 32.3 Å². The average Bonchev–Trinajstić information content (AvgIpc) is 2.78. The van der Waals surface area contributed by atoms with Gasteiger partial charge in [-0.25, -0.2) is 18.5 Å². The number of benzene rings is 1. The molecule has 0 spiro atoms. The van der Waals surface area contributed by atoms with E-state index in [0.717, 1.165) is 16.6 Å². The van der Waals surface area contributed by atoms with E-state index in [4.69, 9.17) is 10.9 Å². The fourth-order valence-electron chi connectivity index (χ4n) is 1.38. The normalized spacial score (nSPS) is 11.7. The molecule has 2 aromatic rings. The van der Waals surface area contributed by atoms with E-state index < -0.39 is 10.0 Å². The van der Waals surface area contributed by atoms with Crippen molar-refractivity contribution >= 4 is 39.0 Å². The van der Waals surface area contributed by atoms with Crippen LogP contribution in [0, 0.1) is 0 Å². The number of rotatable bonds is 4. The molecule has 0 bridgehead atoms. The van der Waals surface area contributed by atoms with Crippen molar-refractivity contribution in [3.63, 3.8) is 0 Å². The lowest BCUT2D eigenvalue weighted by Gasteiger charge is -2.07. The molecule has 0 aliphatic rings. The molecular weight excluding hydrogens is 304 g/mol. The standard InChI is InChI=1S/C10H12N4O2S3/c1-2-8-13-10(18-14-8)17-6-4-3-5-7(9(6)11)19(12,15)16/h3-5H,2,11H2,1H3,(H2,12,15,16). The summed E-state index contributed by atoms with van der Waals surface area (Å²) in [6.45, 7) is 1.96. The Kier molecular flexibility index (Phi) is 4.09. The van der Waals surface area contributed by atoms with E-state index in [1.54, 1.807) is 12.1 Å². The van der Waals surface area contributed by atoms with Gasteiger partial charge in [-0.15, -0.1) is 0 Å². The van der Waals surface area contributed by atoms with Crippen molar-refractivity contribution in [1.82, 2.24) is 9.36 Å². The predicted octanol–water partition coefficient (Wildman–Crippen LogP) is 1.48. The minimum atomic E-state index is -3.82. The van der Waals surface area contributed by atoms with E-state index in [-0.39, 0.29) is 10.6 Å². The van der Waals surface area contributed by atoms with E-state index in [9.17, 15) is 8.42 Å². The van der Waals surface area contributed by atoms with Gasteiger partial charge in [-0.2, -0.15) is 4.37 Å². The Bertz CT molecular complexity index is 697. The Morgan fingerprint density at radius 3 is 2.74 bits per heavy atom. The van der Waals surface area contributed by atoms with Gasteiger partial charge < -0.3 is 5.73 Å². The molecule has 1 aromatic carbocycles. The summed E-state index contributed by atoms with van der Waals surface area (Å²) in [5, 5.41) is 5.10. The molecule has 0 amide bonds. The number of anilines is 1. The Hall–Kier alpha value is -1.16. The maximum Gasteiger partial charge on any atom is 0.240 e. The van der Waals surface area contributed by atoms with Crippen LogP contribution in [0.2, 0.25) is 0 Å². The zero-order chi connectivity index (χ0) is 14.0. The Labute approximate surface area is 119 Å². The van der Waals surface area contributed by atoms with Crippen LogP contribution in [-0.2, 0) is 16.4 Å². The smallest absolute Gasteiger partial charge is 0.240 e. The van der Waals surface area contributed by atoms with Crippen LogP contribution in [0.3, 0.4) is 0 Å². The van der Waals surface area contributed by atoms with E-state index in [1.165, 1.54) is 29.4 Å². The minimum Gasteiger partial charge on any atom is -0.397 e. The number of hydrogen-bond donors (Lipinski definition) is 2. The molecule has 0 aliphatic carbocycles. The highest BCUT2D eigenvalue weighted by molar-refractivity contribution is 8.01. The van der Waals surface area contributed by atoms with E-state index in [2.05, 4.69) is 9.36 Å². The van der Waals surface area contributed by atoms with Crippen LogP contribution in [0.5, 0.6) is 0 Å². The molecular formula is C10H12N4O2S3. The van der Waals surface area contributed by atoms with Crippen molar-refractivity contribution < 1.29 is 8.42 Å². The summed E-state index contributed by atoms with van der Waals surface area (Å²) in [6, 6.07) is 4.70. The van der Waals surface area contributed by atoms with Gasteiger partial charge in [0.2, 0.25) is 10.0 Å². The highest BCUT2D eigenvalue weighted by Gasteiger charge is 2.16. The van der Waals surface area contributed by atoms with Gasteiger partial charge in [0, 0.05) is 11.3 Å². The summed E-state index contributed by atoms with van der Waals surface area (Å²) in [5.74, 6) is 0.758. The summed E-state index contributed by atoms with van der Waals surface area (Å²) in [7, 11) is -3.82.